The summed E-state index contributed by atoms with van der Waals surface area (Å²) in [4.78, 5) is 23.0. The lowest BCUT2D eigenvalue weighted by Gasteiger charge is -2.26. The zero-order valence-corrected chi connectivity index (χ0v) is 16.6. The fraction of sp³-hybridized carbons (Fsp3) is 0.333. The van der Waals surface area contributed by atoms with E-state index in [2.05, 4.69) is 20.9 Å². The molecule has 3 aromatic rings. The number of ether oxygens (including phenoxy) is 1. The van der Waals surface area contributed by atoms with Crippen LogP contribution in [-0.4, -0.2) is 47.4 Å². The van der Waals surface area contributed by atoms with Crippen molar-refractivity contribution in [2.24, 2.45) is 11.8 Å². The molecule has 1 N–H and O–H groups in total. The number of ketones is 1. The molecule has 2 aromatic heterocycles. The van der Waals surface area contributed by atoms with Crippen LogP contribution < -0.4 is 4.74 Å². The van der Waals surface area contributed by atoms with Crippen molar-refractivity contribution >= 4 is 22.4 Å². The van der Waals surface area contributed by atoms with Crippen molar-refractivity contribution in [3.63, 3.8) is 0 Å². The van der Waals surface area contributed by atoms with E-state index in [1.807, 2.05) is 48.7 Å². The highest BCUT2D eigenvalue weighted by atomic mass is 16.5. The Hall–Kier alpha value is -2.92. The number of pyridine rings is 1. The van der Waals surface area contributed by atoms with E-state index in [9.17, 15) is 4.79 Å². The van der Waals surface area contributed by atoms with Crippen LogP contribution in [-0.2, 0) is 0 Å². The van der Waals surface area contributed by atoms with E-state index in [1.54, 1.807) is 7.11 Å². The predicted molar refractivity (Wildman–Crippen MR) is 114 cm³/mol. The van der Waals surface area contributed by atoms with Gasteiger partial charge in [-0.05, 0) is 30.4 Å². The summed E-state index contributed by atoms with van der Waals surface area (Å²) in [5.74, 6) is 1.65. The first kappa shape index (κ1) is 18.1. The molecule has 0 radical (unpaired) electrons. The maximum Gasteiger partial charge on any atom is 0.213 e. The number of nitrogens with one attached hydrogen (secondary N) is 1. The normalized spacial score (nSPS) is 21.8. The molecule has 0 spiro atoms. The molecule has 1 fully saturated rings. The minimum atomic E-state index is 0.202. The molecule has 29 heavy (non-hydrogen) atoms. The fourth-order valence-electron chi connectivity index (χ4n) is 4.38. The van der Waals surface area contributed by atoms with Crippen molar-refractivity contribution in [3.8, 4) is 5.88 Å². The van der Waals surface area contributed by atoms with Crippen LogP contribution in [0.5, 0.6) is 5.88 Å². The van der Waals surface area contributed by atoms with Crippen LogP contribution >= 0.6 is 0 Å². The highest BCUT2D eigenvalue weighted by Crippen LogP contribution is 2.42. The number of aromatic amines is 1. The van der Waals surface area contributed by atoms with Gasteiger partial charge in [-0.25, -0.2) is 4.98 Å². The number of rotatable bonds is 6. The average molecular weight is 387 g/mol. The number of hydrogen-bond donors (Lipinski definition) is 1. The first-order valence-electron chi connectivity index (χ1n) is 10.3. The molecule has 1 aliphatic carbocycles. The Morgan fingerprint density at radius 3 is 2.86 bits per heavy atom. The van der Waals surface area contributed by atoms with Gasteiger partial charge in [0.2, 0.25) is 5.88 Å². The molecule has 5 heteroatoms. The minimum absolute atomic E-state index is 0.202. The first-order valence-corrected chi connectivity index (χ1v) is 10.3. The Bertz CT molecular complexity index is 1070. The van der Waals surface area contributed by atoms with Crippen LogP contribution in [0.25, 0.3) is 16.6 Å². The number of methoxy groups -OCH3 is 1. The third-order valence-corrected chi connectivity index (χ3v) is 6.16. The zero-order chi connectivity index (χ0) is 19.8. The lowest BCUT2D eigenvalue weighted by molar-refractivity contribution is 0.0957. The largest absolute Gasteiger partial charge is 0.481 e. The molecular weight excluding hydrogens is 362 g/mol. The third-order valence-electron chi connectivity index (χ3n) is 6.16. The SMILES string of the molecule is COc1ccc2[nH]cc(C3=CCN(C[C@H]4C[C@@H]4C(=O)c4ccccc4)CC3)c2n1. The maximum atomic E-state index is 12.6. The molecule has 1 aromatic carbocycles. The van der Waals surface area contributed by atoms with Crippen molar-refractivity contribution < 1.29 is 9.53 Å². The number of H-pyrrole nitrogens is 1. The monoisotopic (exact) mass is 387 g/mol. The van der Waals surface area contributed by atoms with E-state index in [1.165, 1.54) is 11.1 Å². The summed E-state index contributed by atoms with van der Waals surface area (Å²) < 4.78 is 5.28. The summed E-state index contributed by atoms with van der Waals surface area (Å²) in [7, 11) is 1.64. The molecule has 0 unspecified atom stereocenters. The minimum Gasteiger partial charge on any atom is -0.481 e. The predicted octanol–water partition coefficient (Wildman–Crippen LogP) is 4.18. The van der Waals surface area contributed by atoms with Gasteiger partial charge < -0.3 is 9.72 Å². The summed E-state index contributed by atoms with van der Waals surface area (Å²) in [5, 5.41) is 0. The van der Waals surface area contributed by atoms with Crippen molar-refractivity contribution in [3.05, 3.63) is 65.9 Å². The molecular formula is C24H25N3O2. The molecule has 5 rings (SSSR count). The third kappa shape index (κ3) is 3.58. The second-order valence-corrected chi connectivity index (χ2v) is 8.02. The number of nitrogens with zero attached hydrogens (tertiary/aromatic N) is 2. The van der Waals surface area contributed by atoms with Crippen molar-refractivity contribution in [2.75, 3.05) is 26.7 Å². The van der Waals surface area contributed by atoms with E-state index in [0.717, 1.165) is 49.1 Å². The van der Waals surface area contributed by atoms with E-state index in [4.69, 9.17) is 4.74 Å². The number of carbonyl (C=O) groups is 1. The molecule has 3 heterocycles. The van der Waals surface area contributed by atoms with Crippen molar-refractivity contribution in [2.45, 2.75) is 12.8 Å². The molecule has 1 aliphatic heterocycles. The van der Waals surface area contributed by atoms with E-state index >= 15 is 0 Å². The van der Waals surface area contributed by atoms with Crippen LogP contribution in [0, 0.1) is 11.8 Å². The van der Waals surface area contributed by atoms with Gasteiger partial charge in [0, 0.05) is 48.9 Å². The molecule has 0 saturated heterocycles. The highest BCUT2D eigenvalue weighted by molar-refractivity contribution is 5.99. The van der Waals surface area contributed by atoms with Gasteiger partial charge in [-0.15, -0.1) is 0 Å². The number of aromatic nitrogens is 2. The Kier molecular flexibility index (Phi) is 4.68. The molecule has 148 valence electrons. The van der Waals surface area contributed by atoms with Crippen LogP contribution in [0.4, 0.5) is 0 Å². The van der Waals surface area contributed by atoms with Crippen LogP contribution in [0.1, 0.15) is 28.8 Å². The van der Waals surface area contributed by atoms with Gasteiger partial charge in [0.25, 0.3) is 0 Å². The van der Waals surface area contributed by atoms with Crippen molar-refractivity contribution in [1.29, 1.82) is 0 Å². The molecule has 2 aliphatic rings. The van der Waals surface area contributed by atoms with Gasteiger partial charge in [-0.3, -0.25) is 9.69 Å². The van der Waals surface area contributed by atoms with Gasteiger partial charge in [0.1, 0.15) is 0 Å². The number of fused-ring (bicyclic) bond motifs is 1. The fourth-order valence-corrected chi connectivity index (χ4v) is 4.38. The van der Waals surface area contributed by atoms with E-state index in [0.29, 0.717) is 17.6 Å². The second-order valence-electron chi connectivity index (χ2n) is 8.02. The Balaban J connectivity index is 1.22. The van der Waals surface area contributed by atoms with Crippen LogP contribution in [0.2, 0.25) is 0 Å². The summed E-state index contributed by atoms with van der Waals surface area (Å²) in [6.07, 6.45) is 6.38. The number of benzene rings is 1. The maximum absolute atomic E-state index is 12.6. The molecule has 2 atom stereocenters. The van der Waals surface area contributed by atoms with Gasteiger partial charge in [-0.2, -0.15) is 0 Å². The number of carbonyl (C=O) groups excluding carboxylic acids is 1. The Morgan fingerprint density at radius 2 is 2.10 bits per heavy atom. The Morgan fingerprint density at radius 1 is 1.24 bits per heavy atom. The number of hydrogen-bond acceptors (Lipinski definition) is 4. The smallest absolute Gasteiger partial charge is 0.213 e. The van der Waals surface area contributed by atoms with Gasteiger partial charge in [0.15, 0.2) is 5.78 Å². The quantitative estimate of drug-likeness (QED) is 0.645. The Labute approximate surface area is 170 Å². The topological polar surface area (TPSA) is 58.2 Å². The highest BCUT2D eigenvalue weighted by Gasteiger charge is 2.43. The summed E-state index contributed by atoms with van der Waals surface area (Å²) >= 11 is 0. The molecule has 0 bridgehead atoms. The van der Waals surface area contributed by atoms with Gasteiger partial charge in [0.05, 0.1) is 18.1 Å². The zero-order valence-electron chi connectivity index (χ0n) is 16.6. The van der Waals surface area contributed by atoms with Crippen LogP contribution in [0.15, 0.2) is 54.7 Å². The first-order chi connectivity index (χ1) is 14.2. The molecule has 1 saturated carbocycles. The summed E-state index contributed by atoms with van der Waals surface area (Å²) in [5.41, 5.74) is 5.36. The lowest BCUT2D eigenvalue weighted by atomic mass is 10.0. The van der Waals surface area contributed by atoms with Gasteiger partial charge >= 0.3 is 0 Å². The second kappa shape index (κ2) is 7.48. The molecule has 0 amide bonds. The standard InChI is InChI=1S/C24H25N3O2/c1-29-22-8-7-21-23(26-22)20(14-25-21)16-9-11-27(12-10-16)15-18-13-19(18)24(28)17-5-3-2-4-6-17/h2-9,14,18-19,25H,10-13,15H2,1H3/t18-,19+/m1/s1. The average Bonchev–Trinajstić information content (AvgIpc) is 3.41. The van der Waals surface area contributed by atoms with E-state index < -0.39 is 0 Å². The summed E-state index contributed by atoms with van der Waals surface area (Å²) in [6, 6.07) is 13.6. The van der Waals surface area contributed by atoms with Crippen LogP contribution in [0.3, 0.4) is 0 Å². The number of Topliss-reactive ketones (excluding diaryl/α,β-unsaturated/α-hetero) is 1. The lowest BCUT2D eigenvalue weighted by Crippen LogP contribution is -2.31. The van der Waals surface area contributed by atoms with Gasteiger partial charge in [-0.1, -0.05) is 36.4 Å². The summed E-state index contributed by atoms with van der Waals surface area (Å²) in [6.45, 7) is 2.95. The van der Waals surface area contributed by atoms with Crippen molar-refractivity contribution in [1.82, 2.24) is 14.9 Å². The molecule has 5 nitrogen and oxygen atoms in total. The van der Waals surface area contributed by atoms with E-state index in [-0.39, 0.29) is 5.92 Å².